The lowest BCUT2D eigenvalue weighted by atomic mass is 10.1. The summed E-state index contributed by atoms with van der Waals surface area (Å²) in [6, 6.07) is 4.10. The number of hydrogen-bond donors (Lipinski definition) is 1. The number of aromatic nitrogens is 1. The lowest BCUT2D eigenvalue weighted by molar-refractivity contribution is -0.136. The topological polar surface area (TPSA) is 59.2 Å². The summed E-state index contributed by atoms with van der Waals surface area (Å²) in [7, 11) is 0. The number of halogens is 3. The highest BCUT2D eigenvalue weighted by atomic mass is 19.4. The highest BCUT2D eigenvalue weighted by molar-refractivity contribution is 5.92. The number of carbonyl (C=O) groups is 1. The number of benzene rings is 1. The van der Waals surface area contributed by atoms with E-state index in [-0.39, 0.29) is 17.8 Å². The molecule has 7 heteroatoms. The number of fused-ring (bicyclic) bond motifs is 1. The molecule has 0 spiro atoms. The first-order valence-corrected chi connectivity index (χ1v) is 5.75. The van der Waals surface area contributed by atoms with Crippen molar-refractivity contribution in [1.29, 1.82) is 0 Å². The Bertz CT molecular complexity index is 719. The van der Waals surface area contributed by atoms with Crippen LogP contribution in [0.3, 0.4) is 0 Å². The third-order valence-electron chi connectivity index (χ3n) is 2.66. The van der Waals surface area contributed by atoms with Crippen LogP contribution in [-0.2, 0) is 10.9 Å². The smallest absolute Gasteiger partial charge is 0.417 e. The zero-order valence-electron chi connectivity index (χ0n) is 10.4. The predicted octanol–water partition coefficient (Wildman–Crippen LogP) is 2.72. The van der Waals surface area contributed by atoms with Gasteiger partial charge in [0, 0.05) is 6.07 Å². The molecule has 0 unspecified atom stereocenters. The fourth-order valence-electron chi connectivity index (χ4n) is 1.86. The summed E-state index contributed by atoms with van der Waals surface area (Å²) in [5, 5.41) is -0.493. The molecule has 0 aliphatic carbocycles. The van der Waals surface area contributed by atoms with Gasteiger partial charge in [0.25, 0.3) is 0 Å². The van der Waals surface area contributed by atoms with Crippen molar-refractivity contribution >= 4 is 16.9 Å². The summed E-state index contributed by atoms with van der Waals surface area (Å²) in [5.41, 5.74) is -2.15. The minimum atomic E-state index is -4.64. The zero-order chi connectivity index (χ0) is 14.9. The van der Waals surface area contributed by atoms with Gasteiger partial charge in [-0.25, -0.2) is 4.79 Å². The summed E-state index contributed by atoms with van der Waals surface area (Å²) >= 11 is 0. The lowest BCUT2D eigenvalue weighted by Gasteiger charge is -2.10. The van der Waals surface area contributed by atoms with Crippen molar-refractivity contribution in [3.63, 3.8) is 0 Å². The summed E-state index contributed by atoms with van der Waals surface area (Å²) in [4.78, 5) is 25.8. The number of ether oxygens (including phenoxy) is 1. The highest BCUT2D eigenvalue weighted by Crippen LogP contribution is 2.32. The molecular formula is C13H10F3NO3. The van der Waals surface area contributed by atoms with Crippen molar-refractivity contribution in [1.82, 2.24) is 4.98 Å². The van der Waals surface area contributed by atoms with Crippen molar-refractivity contribution in [2.24, 2.45) is 0 Å². The molecule has 0 aliphatic heterocycles. The molecule has 2 rings (SSSR count). The minimum Gasteiger partial charge on any atom is -0.461 e. The summed E-state index contributed by atoms with van der Waals surface area (Å²) < 4.78 is 43.2. The van der Waals surface area contributed by atoms with Gasteiger partial charge < -0.3 is 9.72 Å². The number of nitrogens with one attached hydrogen (secondary N) is 1. The first-order valence-electron chi connectivity index (χ1n) is 5.75. The molecule has 106 valence electrons. The molecule has 2 aromatic rings. The van der Waals surface area contributed by atoms with Crippen molar-refractivity contribution in [2.75, 3.05) is 6.61 Å². The van der Waals surface area contributed by atoms with Crippen LogP contribution in [0.25, 0.3) is 10.9 Å². The van der Waals surface area contributed by atoms with Gasteiger partial charge in [-0.1, -0.05) is 6.07 Å². The van der Waals surface area contributed by atoms with E-state index in [1.807, 2.05) is 0 Å². The van der Waals surface area contributed by atoms with Crippen LogP contribution in [-0.4, -0.2) is 17.6 Å². The van der Waals surface area contributed by atoms with Crippen molar-refractivity contribution in [3.8, 4) is 0 Å². The predicted molar refractivity (Wildman–Crippen MR) is 65.5 cm³/mol. The van der Waals surface area contributed by atoms with Gasteiger partial charge in [-0.15, -0.1) is 0 Å². The van der Waals surface area contributed by atoms with E-state index < -0.39 is 28.5 Å². The number of H-pyrrole nitrogens is 1. The Morgan fingerprint density at radius 3 is 2.65 bits per heavy atom. The van der Waals surface area contributed by atoms with Crippen LogP contribution in [0.4, 0.5) is 13.2 Å². The van der Waals surface area contributed by atoms with E-state index in [0.29, 0.717) is 0 Å². The number of carbonyl (C=O) groups excluding carboxylic acids is 1. The van der Waals surface area contributed by atoms with Gasteiger partial charge in [0.2, 0.25) is 0 Å². The SMILES string of the molecule is CCOC(=O)c1cc(=O)c2c(C(F)(F)F)cccc2[nH]1. The lowest BCUT2D eigenvalue weighted by Crippen LogP contribution is -2.16. The van der Waals surface area contributed by atoms with Crippen LogP contribution >= 0.6 is 0 Å². The summed E-state index contributed by atoms with van der Waals surface area (Å²) in [6.07, 6.45) is -4.64. The third-order valence-corrected chi connectivity index (χ3v) is 2.66. The van der Waals surface area contributed by atoms with Gasteiger partial charge in [0.1, 0.15) is 5.69 Å². The Balaban J connectivity index is 2.70. The second-order valence-electron chi connectivity index (χ2n) is 3.99. The molecule has 0 aliphatic rings. The molecule has 20 heavy (non-hydrogen) atoms. The Hall–Kier alpha value is -2.31. The Labute approximate surface area is 111 Å². The number of hydrogen-bond acceptors (Lipinski definition) is 3. The maximum Gasteiger partial charge on any atom is 0.417 e. The van der Waals surface area contributed by atoms with Crippen molar-refractivity contribution in [2.45, 2.75) is 13.1 Å². The Morgan fingerprint density at radius 1 is 1.35 bits per heavy atom. The number of esters is 1. The molecule has 1 aromatic carbocycles. The van der Waals surface area contributed by atoms with Gasteiger partial charge in [-0.3, -0.25) is 4.79 Å². The number of alkyl halides is 3. The molecule has 1 N–H and O–H groups in total. The van der Waals surface area contributed by atoms with E-state index in [1.165, 1.54) is 6.07 Å². The van der Waals surface area contributed by atoms with Crippen LogP contribution in [0.5, 0.6) is 0 Å². The Kier molecular flexibility index (Phi) is 3.52. The molecule has 0 fully saturated rings. The summed E-state index contributed by atoms with van der Waals surface area (Å²) in [6.45, 7) is 1.68. The van der Waals surface area contributed by atoms with Crippen LogP contribution in [0.1, 0.15) is 23.0 Å². The molecule has 0 atom stereocenters. The van der Waals surface area contributed by atoms with Crippen LogP contribution in [0.15, 0.2) is 29.1 Å². The maximum atomic E-state index is 12.8. The standard InChI is InChI=1S/C13H10F3NO3/c1-2-20-12(19)9-6-10(18)11-7(13(14,15)16)4-3-5-8(11)17-9/h3-6H,2H2,1H3,(H,17,18). The fraction of sp³-hybridized carbons (Fsp3) is 0.231. The third kappa shape index (κ3) is 2.52. The van der Waals surface area contributed by atoms with Crippen molar-refractivity contribution in [3.05, 3.63) is 45.7 Å². The molecule has 4 nitrogen and oxygen atoms in total. The average Bonchev–Trinajstić information content (AvgIpc) is 2.37. The van der Waals surface area contributed by atoms with E-state index in [2.05, 4.69) is 4.98 Å². The molecule has 0 saturated carbocycles. The highest BCUT2D eigenvalue weighted by Gasteiger charge is 2.33. The normalized spacial score (nSPS) is 11.6. The zero-order valence-corrected chi connectivity index (χ0v) is 10.4. The first kappa shape index (κ1) is 14.1. The monoisotopic (exact) mass is 285 g/mol. The van der Waals surface area contributed by atoms with Crippen LogP contribution in [0.2, 0.25) is 0 Å². The first-order chi connectivity index (χ1) is 9.34. The van der Waals surface area contributed by atoms with E-state index in [9.17, 15) is 22.8 Å². The van der Waals surface area contributed by atoms with E-state index >= 15 is 0 Å². The molecule has 0 bridgehead atoms. The molecule has 1 aromatic heterocycles. The quantitative estimate of drug-likeness (QED) is 0.863. The van der Waals surface area contributed by atoms with Gasteiger partial charge in [0.05, 0.1) is 23.1 Å². The number of aromatic amines is 1. The fourth-order valence-corrected chi connectivity index (χ4v) is 1.86. The van der Waals surface area contributed by atoms with E-state index in [4.69, 9.17) is 4.74 Å². The molecular weight excluding hydrogens is 275 g/mol. The molecule has 1 heterocycles. The Morgan fingerprint density at radius 2 is 2.05 bits per heavy atom. The average molecular weight is 285 g/mol. The summed E-state index contributed by atoms with van der Waals surface area (Å²) in [5.74, 6) is -0.788. The van der Waals surface area contributed by atoms with Gasteiger partial charge in [-0.2, -0.15) is 13.2 Å². The molecule has 0 saturated heterocycles. The van der Waals surface area contributed by atoms with E-state index in [0.717, 1.165) is 18.2 Å². The largest absolute Gasteiger partial charge is 0.461 e. The van der Waals surface area contributed by atoms with Gasteiger partial charge >= 0.3 is 12.1 Å². The van der Waals surface area contributed by atoms with Gasteiger partial charge in [-0.05, 0) is 19.1 Å². The molecule has 0 amide bonds. The second kappa shape index (κ2) is 4.99. The van der Waals surface area contributed by atoms with E-state index in [1.54, 1.807) is 6.92 Å². The minimum absolute atomic E-state index is 0.0598. The molecule has 0 radical (unpaired) electrons. The number of pyridine rings is 1. The second-order valence-corrected chi connectivity index (χ2v) is 3.99. The van der Waals surface area contributed by atoms with Gasteiger partial charge in [0.15, 0.2) is 5.43 Å². The van der Waals surface area contributed by atoms with Crippen LogP contribution < -0.4 is 5.43 Å². The van der Waals surface area contributed by atoms with Crippen LogP contribution in [0, 0.1) is 0 Å². The maximum absolute atomic E-state index is 12.8. The van der Waals surface area contributed by atoms with Crippen molar-refractivity contribution < 1.29 is 22.7 Å². The number of rotatable bonds is 2.